The Kier molecular flexibility index (Phi) is 10.3. The minimum Gasteiger partial charge on any atom is -0.310 e. The predicted octanol–water partition coefficient (Wildman–Crippen LogP) is 21.6. The van der Waals surface area contributed by atoms with Gasteiger partial charge in [-0.15, -0.1) is 0 Å². The van der Waals surface area contributed by atoms with E-state index in [0.717, 1.165) is 34.1 Å². The summed E-state index contributed by atoms with van der Waals surface area (Å²) < 4.78 is 5.26. The van der Waals surface area contributed by atoms with Crippen molar-refractivity contribution in [3.8, 4) is 44.5 Å². The molecule has 0 amide bonds. The monoisotopic (exact) mass is 1040 g/mol. The van der Waals surface area contributed by atoms with Gasteiger partial charge in [-0.1, -0.05) is 231 Å². The SMILES string of the molecule is c1ccc(-c2cccc(N(c3ccccc3)c3cccc4c3c3cccc5c6c(-c7ccccc7)c7c(c(-c8ccccc8)c6n4c35)c3cccc4c5c(N(c6ccccc6)c6cccc(-c8ccccc8)c6)cccc5n7c43)c2)cc1. The molecule has 0 saturated carbocycles. The van der Waals surface area contributed by atoms with Crippen molar-refractivity contribution in [1.29, 1.82) is 0 Å². The van der Waals surface area contributed by atoms with Gasteiger partial charge in [-0.05, 0) is 106 Å². The molecule has 17 aromatic rings. The second-order valence-corrected chi connectivity index (χ2v) is 21.5. The van der Waals surface area contributed by atoms with Crippen molar-refractivity contribution in [3.05, 3.63) is 303 Å². The summed E-state index contributed by atoms with van der Waals surface area (Å²) in [5.74, 6) is 0. The highest BCUT2D eigenvalue weighted by Gasteiger charge is 2.32. The fourth-order valence-electron chi connectivity index (χ4n) is 13.8. The minimum atomic E-state index is 1.10. The number of hydrogen-bond donors (Lipinski definition) is 0. The van der Waals surface area contributed by atoms with Gasteiger partial charge in [0.2, 0.25) is 0 Å². The number of anilines is 6. The van der Waals surface area contributed by atoms with Gasteiger partial charge in [-0.3, -0.25) is 0 Å². The summed E-state index contributed by atoms with van der Waals surface area (Å²) in [6, 6.07) is 111. The van der Waals surface area contributed by atoms with Crippen LogP contribution in [0.3, 0.4) is 0 Å². The zero-order valence-electron chi connectivity index (χ0n) is 44.7. The van der Waals surface area contributed by atoms with Crippen LogP contribution in [0.4, 0.5) is 34.1 Å². The topological polar surface area (TPSA) is 15.3 Å². The number of aromatic nitrogens is 2. The van der Waals surface area contributed by atoms with Gasteiger partial charge >= 0.3 is 0 Å². The van der Waals surface area contributed by atoms with E-state index in [1.54, 1.807) is 0 Å². The molecule has 82 heavy (non-hydrogen) atoms. The van der Waals surface area contributed by atoms with Crippen molar-refractivity contribution >= 4 is 110 Å². The molecule has 0 aliphatic rings. The molecule has 0 bridgehead atoms. The molecule has 0 aliphatic heterocycles. The molecule has 0 radical (unpaired) electrons. The second-order valence-electron chi connectivity index (χ2n) is 21.5. The Morgan fingerprint density at radius 2 is 0.500 bits per heavy atom. The van der Waals surface area contributed by atoms with Crippen molar-refractivity contribution in [2.75, 3.05) is 9.80 Å². The first-order chi connectivity index (χ1) is 40.8. The Bertz CT molecular complexity index is 4910. The number of benzene rings is 13. The first-order valence-corrected chi connectivity index (χ1v) is 28.3. The van der Waals surface area contributed by atoms with Gasteiger partial charge in [0, 0.05) is 77.0 Å². The van der Waals surface area contributed by atoms with Crippen LogP contribution >= 0.6 is 0 Å². The third kappa shape index (κ3) is 6.79. The van der Waals surface area contributed by atoms with Crippen LogP contribution in [0.1, 0.15) is 0 Å². The Balaban J connectivity index is 1.01. The molecule has 0 atom stereocenters. The number of para-hydroxylation sites is 4. The van der Waals surface area contributed by atoms with Gasteiger partial charge in [0.25, 0.3) is 0 Å². The lowest BCUT2D eigenvalue weighted by Gasteiger charge is -2.27. The Labute approximate surface area is 474 Å². The zero-order chi connectivity index (χ0) is 53.8. The zero-order valence-corrected chi connectivity index (χ0v) is 44.7. The van der Waals surface area contributed by atoms with E-state index in [2.05, 4.69) is 322 Å². The molecule has 4 aromatic heterocycles. The molecule has 0 N–H and O–H groups in total. The fourth-order valence-corrected chi connectivity index (χ4v) is 13.8. The number of rotatable bonds is 10. The van der Waals surface area contributed by atoms with Crippen LogP contribution < -0.4 is 9.80 Å². The number of fused-ring (bicyclic) bond motifs is 12. The molecule has 0 unspecified atom stereocenters. The van der Waals surface area contributed by atoms with Crippen LogP contribution in [-0.4, -0.2) is 8.80 Å². The molecule has 0 spiro atoms. The number of nitrogens with zero attached hydrogens (tertiary/aromatic N) is 4. The highest BCUT2D eigenvalue weighted by atomic mass is 15.2. The summed E-state index contributed by atoms with van der Waals surface area (Å²) in [5.41, 5.74) is 23.4. The Hall–Kier alpha value is -10.9. The summed E-state index contributed by atoms with van der Waals surface area (Å²) in [7, 11) is 0. The highest BCUT2D eigenvalue weighted by molar-refractivity contribution is 6.39. The van der Waals surface area contributed by atoms with Gasteiger partial charge < -0.3 is 18.6 Å². The summed E-state index contributed by atoms with van der Waals surface area (Å²) in [6.07, 6.45) is 0. The van der Waals surface area contributed by atoms with Crippen molar-refractivity contribution in [2.45, 2.75) is 0 Å². The van der Waals surface area contributed by atoms with Crippen molar-refractivity contribution in [1.82, 2.24) is 8.80 Å². The molecule has 13 aromatic carbocycles. The summed E-state index contributed by atoms with van der Waals surface area (Å²) >= 11 is 0. The standard InChI is InChI=1S/C78H50N4/c1-7-25-51(26-8-1)55-33-19-39-59(49-55)79(57-35-15-5-16-36-57)65-45-23-47-67-71(65)61-41-21-43-63-73-70(54-31-13-4-14-32-54)78-74(69(53-29-11-3-12-30-53)77(73)81(67)75(61)63)64-44-22-42-62-72-66(46-24-48-68(72)82(78)76(62)64)80(58-37-17-6-18-38-58)60-40-20-34-56(50-60)52-27-9-2-10-28-52/h1-50H. The molecule has 17 rings (SSSR count). The molecular weight excluding hydrogens is 993 g/mol. The van der Waals surface area contributed by atoms with Crippen LogP contribution in [-0.2, 0) is 0 Å². The van der Waals surface area contributed by atoms with E-state index in [-0.39, 0.29) is 0 Å². The van der Waals surface area contributed by atoms with Gasteiger partial charge in [0.15, 0.2) is 0 Å². The smallest absolute Gasteiger partial charge is 0.0634 e. The van der Waals surface area contributed by atoms with E-state index in [4.69, 9.17) is 0 Å². The summed E-state index contributed by atoms with van der Waals surface area (Å²) in [5, 5.41) is 9.80. The van der Waals surface area contributed by atoms with E-state index >= 15 is 0 Å². The van der Waals surface area contributed by atoms with Crippen LogP contribution in [0.2, 0.25) is 0 Å². The predicted molar refractivity (Wildman–Crippen MR) is 347 cm³/mol. The summed E-state index contributed by atoms with van der Waals surface area (Å²) in [6.45, 7) is 0. The maximum Gasteiger partial charge on any atom is 0.0634 e. The van der Waals surface area contributed by atoms with Crippen molar-refractivity contribution in [2.24, 2.45) is 0 Å². The van der Waals surface area contributed by atoms with Crippen LogP contribution in [0, 0.1) is 0 Å². The quantitative estimate of drug-likeness (QED) is 0.136. The van der Waals surface area contributed by atoms with E-state index in [1.165, 1.54) is 121 Å². The molecule has 0 aliphatic carbocycles. The van der Waals surface area contributed by atoms with Gasteiger partial charge in [0.1, 0.15) is 0 Å². The van der Waals surface area contributed by atoms with Crippen LogP contribution in [0.15, 0.2) is 303 Å². The van der Waals surface area contributed by atoms with E-state index in [0.29, 0.717) is 0 Å². The normalized spacial score (nSPS) is 11.9. The minimum absolute atomic E-state index is 1.10. The third-order valence-electron chi connectivity index (χ3n) is 17.1. The Morgan fingerprint density at radius 1 is 0.207 bits per heavy atom. The Morgan fingerprint density at radius 3 is 0.878 bits per heavy atom. The van der Waals surface area contributed by atoms with E-state index in [9.17, 15) is 0 Å². The molecule has 4 nitrogen and oxygen atoms in total. The van der Waals surface area contributed by atoms with Crippen molar-refractivity contribution < 1.29 is 0 Å². The van der Waals surface area contributed by atoms with Gasteiger partial charge in [0.05, 0.1) is 44.5 Å². The average Bonchev–Trinajstić information content (AvgIpc) is 2.38. The fraction of sp³-hybridized carbons (Fsp3) is 0. The second kappa shape index (κ2) is 18.3. The van der Waals surface area contributed by atoms with Gasteiger partial charge in [-0.2, -0.15) is 0 Å². The summed E-state index contributed by atoms with van der Waals surface area (Å²) in [4.78, 5) is 4.91. The molecule has 0 fully saturated rings. The number of hydrogen-bond acceptors (Lipinski definition) is 2. The lowest BCUT2D eigenvalue weighted by Crippen LogP contribution is -2.10. The lowest BCUT2D eigenvalue weighted by molar-refractivity contribution is 1.29. The van der Waals surface area contributed by atoms with E-state index < -0.39 is 0 Å². The molecule has 0 saturated heterocycles. The first-order valence-electron chi connectivity index (χ1n) is 28.3. The largest absolute Gasteiger partial charge is 0.310 e. The molecule has 4 heteroatoms. The maximum atomic E-state index is 2.63. The first kappa shape index (κ1) is 46.0. The molecule has 382 valence electrons. The van der Waals surface area contributed by atoms with E-state index in [1.807, 2.05) is 0 Å². The van der Waals surface area contributed by atoms with Crippen molar-refractivity contribution in [3.63, 3.8) is 0 Å². The highest BCUT2D eigenvalue weighted by Crippen LogP contribution is 2.56. The third-order valence-corrected chi connectivity index (χ3v) is 17.1. The average molecular weight is 1040 g/mol. The lowest BCUT2D eigenvalue weighted by atomic mass is 9.89. The van der Waals surface area contributed by atoms with Crippen LogP contribution in [0.25, 0.3) is 121 Å². The molecular formula is C78H50N4. The van der Waals surface area contributed by atoms with Crippen LogP contribution in [0.5, 0.6) is 0 Å². The van der Waals surface area contributed by atoms with Gasteiger partial charge in [-0.25, -0.2) is 0 Å². The maximum absolute atomic E-state index is 2.63. The molecule has 4 heterocycles.